The topological polar surface area (TPSA) is 54.0 Å². The SMILES string of the molecule is CCNCCNC(=O)c1csc(-c2cccs2)n1. The van der Waals surface area contributed by atoms with Crippen molar-refractivity contribution >= 4 is 28.6 Å². The van der Waals surface area contributed by atoms with E-state index in [-0.39, 0.29) is 5.91 Å². The molecule has 0 aromatic carbocycles. The summed E-state index contributed by atoms with van der Waals surface area (Å²) in [5.74, 6) is -0.105. The van der Waals surface area contributed by atoms with Gasteiger partial charge in [-0.3, -0.25) is 4.79 Å². The Morgan fingerprint density at radius 3 is 3.00 bits per heavy atom. The van der Waals surface area contributed by atoms with Crippen LogP contribution in [-0.2, 0) is 0 Å². The molecule has 0 fully saturated rings. The van der Waals surface area contributed by atoms with Crippen LogP contribution < -0.4 is 10.6 Å². The number of nitrogens with zero attached hydrogens (tertiary/aromatic N) is 1. The Kier molecular flexibility index (Phi) is 4.86. The molecule has 6 heteroatoms. The van der Waals surface area contributed by atoms with Crippen LogP contribution in [0.3, 0.4) is 0 Å². The molecule has 2 rings (SSSR count). The first-order valence-electron chi connectivity index (χ1n) is 5.79. The van der Waals surface area contributed by atoms with Crippen molar-refractivity contribution in [1.29, 1.82) is 0 Å². The monoisotopic (exact) mass is 281 g/mol. The maximum atomic E-state index is 11.8. The smallest absolute Gasteiger partial charge is 0.270 e. The van der Waals surface area contributed by atoms with Crippen molar-refractivity contribution in [3.8, 4) is 9.88 Å². The highest BCUT2D eigenvalue weighted by Crippen LogP contribution is 2.27. The molecule has 1 amide bonds. The van der Waals surface area contributed by atoms with Crippen molar-refractivity contribution in [1.82, 2.24) is 15.6 Å². The van der Waals surface area contributed by atoms with E-state index in [0.29, 0.717) is 12.2 Å². The summed E-state index contributed by atoms with van der Waals surface area (Å²) < 4.78 is 0. The van der Waals surface area contributed by atoms with Gasteiger partial charge >= 0.3 is 0 Å². The van der Waals surface area contributed by atoms with Crippen LogP contribution in [-0.4, -0.2) is 30.5 Å². The van der Waals surface area contributed by atoms with Crippen molar-refractivity contribution in [2.45, 2.75) is 6.92 Å². The van der Waals surface area contributed by atoms with Crippen LogP contribution >= 0.6 is 22.7 Å². The second-order valence-corrected chi connectivity index (χ2v) is 5.43. The van der Waals surface area contributed by atoms with E-state index in [1.165, 1.54) is 11.3 Å². The largest absolute Gasteiger partial charge is 0.349 e. The molecule has 0 aliphatic rings. The zero-order valence-electron chi connectivity index (χ0n) is 10.1. The summed E-state index contributed by atoms with van der Waals surface area (Å²) >= 11 is 3.13. The molecule has 0 spiro atoms. The minimum atomic E-state index is -0.105. The van der Waals surface area contributed by atoms with Gasteiger partial charge in [0.25, 0.3) is 5.91 Å². The Morgan fingerprint density at radius 2 is 2.28 bits per heavy atom. The number of likely N-dealkylation sites (N-methyl/N-ethyl adjacent to an activating group) is 1. The summed E-state index contributed by atoms with van der Waals surface area (Å²) in [7, 11) is 0. The predicted molar refractivity (Wildman–Crippen MR) is 76.3 cm³/mol. The van der Waals surface area contributed by atoms with Crippen LogP contribution in [0.15, 0.2) is 22.9 Å². The first-order chi connectivity index (χ1) is 8.81. The molecule has 0 aliphatic carbocycles. The van der Waals surface area contributed by atoms with E-state index in [0.717, 1.165) is 23.0 Å². The number of nitrogens with one attached hydrogen (secondary N) is 2. The lowest BCUT2D eigenvalue weighted by atomic mass is 10.4. The van der Waals surface area contributed by atoms with Crippen LogP contribution in [0.1, 0.15) is 17.4 Å². The molecule has 18 heavy (non-hydrogen) atoms. The molecule has 0 unspecified atom stereocenters. The molecule has 2 aromatic heterocycles. The van der Waals surface area contributed by atoms with E-state index in [9.17, 15) is 4.79 Å². The number of hydrogen-bond donors (Lipinski definition) is 2. The number of hydrogen-bond acceptors (Lipinski definition) is 5. The lowest BCUT2D eigenvalue weighted by molar-refractivity contribution is 0.0950. The summed E-state index contributed by atoms with van der Waals surface area (Å²) in [6.45, 7) is 4.35. The maximum Gasteiger partial charge on any atom is 0.270 e. The van der Waals surface area contributed by atoms with Crippen LogP contribution in [0.2, 0.25) is 0 Å². The van der Waals surface area contributed by atoms with Gasteiger partial charge in [0, 0.05) is 18.5 Å². The van der Waals surface area contributed by atoms with Gasteiger partial charge in [0.2, 0.25) is 0 Å². The standard InChI is InChI=1S/C12H15N3OS2/c1-2-13-5-6-14-11(16)9-8-18-12(15-9)10-4-3-7-17-10/h3-4,7-8,13H,2,5-6H2,1H3,(H,14,16). The van der Waals surface area contributed by atoms with Gasteiger partial charge in [0.1, 0.15) is 10.7 Å². The molecule has 2 N–H and O–H groups in total. The molecule has 4 nitrogen and oxygen atoms in total. The summed E-state index contributed by atoms with van der Waals surface area (Å²) in [6, 6.07) is 3.99. The lowest BCUT2D eigenvalue weighted by Gasteiger charge is -2.02. The molecular weight excluding hydrogens is 266 g/mol. The summed E-state index contributed by atoms with van der Waals surface area (Å²) in [5, 5.41) is 10.7. The fraction of sp³-hybridized carbons (Fsp3) is 0.333. The molecule has 0 saturated heterocycles. The van der Waals surface area contributed by atoms with Gasteiger partial charge in [-0.15, -0.1) is 22.7 Å². The van der Waals surface area contributed by atoms with Crippen molar-refractivity contribution in [2.75, 3.05) is 19.6 Å². The molecule has 0 saturated carbocycles. The number of thiophene rings is 1. The second kappa shape index (κ2) is 6.63. The Morgan fingerprint density at radius 1 is 1.39 bits per heavy atom. The number of amides is 1. The van der Waals surface area contributed by atoms with Crippen molar-refractivity contribution in [3.05, 3.63) is 28.6 Å². The van der Waals surface area contributed by atoms with Gasteiger partial charge in [-0.1, -0.05) is 13.0 Å². The van der Waals surface area contributed by atoms with Crippen LogP contribution in [0.5, 0.6) is 0 Å². The van der Waals surface area contributed by atoms with Crippen LogP contribution in [0.25, 0.3) is 9.88 Å². The Labute approximate surface area is 114 Å². The molecule has 2 aromatic rings. The minimum absolute atomic E-state index is 0.105. The summed E-state index contributed by atoms with van der Waals surface area (Å²) in [4.78, 5) is 17.3. The molecule has 96 valence electrons. The maximum absolute atomic E-state index is 11.8. The van der Waals surface area contributed by atoms with Crippen molar-refractivity contribution < 1.29 is 4.79 Å². The molecule has 0 bridgehead atoms. The quantitative estimate of drug-likeness (QED) is 0.798. The fourth-order valence-electron chi connectivity index (χ4n) is 1.42. The number of carbonyl (C=O) groups excluding carboxylic acids is 1. The molecular formula is C12H15N3OS2. The average Bonchev–Trinajstić information content (AvgIpc) is 3.03. The van der Waals surface area contributed by atoms with Gasteiger partial charge in [-0.25, -0.2) is 4.98 Å². The third-order valence-electron chi connectivity index (χ3n) is 2.31. The van der Waals surface area contributed by atoms with Gasteiger partial charge < -0.3 is 10.6 Å². The Hall–Kier alpha value is -1.24. The average molecular weight is 281 g/mol. The highest BCUT2D eigenvalue weighted by molar-refractivity contribution is 7.20. The van der Waals surface area contributed by atoms with E-state index in [1.807, 2.05) is 24.4 Å². The minimum Gasteiger partial charge on any atom is -0.349 e. The Bertz CT molecular complexity index is 493. The number of carbonyl (C=O) groups is 1. The van der Waals surface area contributed by atoms with E-state index < -0.39 is 0 Å². The van der Waals surface area contributed by atoms with Gasteiger partial charge in [0.15, 0.2) is 0 Å². The van der Waals surface area contributed by atoms with Crippen molar-refractivity contribution in [2.24, 2.45) is 0 Å². The van der Waals surface area contributed by atoms with E-state index in [2.05, 4.69) is 15.6 Å². The van der Waals surface area contributed by atoms with E-state index in [4.69, 9.17) is 0 Å². The third kappa shape index (κ3) is 3.38. The lowest BCUT2D eigenvalue weighted by Crippen LogP contribution is -2.31. The molecule has 0 radical (unpaired) electrons. The van der Waals surface area contributed by atoms with Gasteiger partial charge in [-0.05, 0) is 18.0 Å². The number of thiazole rings is 1. The molecule has 2 heterocycles. The normalized spacial score (nSPS) is 10.5. The summed E-state index contributed by atoms with van der Waals surface area (Å²) in [5.41, 5.74) is 0.500. The van der Waals surface area contributed by atoms with Gasteiger partial charge in [-0.2, -0.15) is 0 Å². The summed E-state index contributed by atoms with van der Waals surface area (Å²) in [6.07, 6.45) is 0. The van der Waals surface area contributed by atoms with Gasteiger partial charge in [0.05, 0.1) is 4.88 Å². The highest BCUT2D eigenvalue weighted by atomic mass is 32.1. The molecule has 0 aliphatic heterocycles. The second-order valence-electron chi connectivity index (χ2n) is 3.62. The number of rotatable bonds is 6. The zero-order valence-corrected chi connectivity index (χ0v) is 11.7. The van der Waals surface area contributed by atoms with E-state index >= 15 is 0 Å². The molecule has 0 atom stereocenters. The highest BCUT2D eigenvalue weighted by Gasteiger charge is 2.11. The zero-order chi connectivity index (χ0) is 12.8. The van der Waals surface area contributed by atoms with E-state index in [1.54, 1.807) is 16.7 Å². The first-order valence-corrected chi connectivity index (χ1v) is 7.55. The Balaban J connectivity index is 1.91. The fourth-order valence-corrected chi connectivity index (χ4v) is 3.04. The first kappa shape index (κ1) is 13.2. The van der Waals surface area contributed by atoms with Crippen molar-refractivity contribution in [3.63, 3.8) is 0 Å². The predicted octanol–water partition coefficient (Wildman–Crippen LogP) is 2.21. The third-order valence-corrected chi connectivity index (χ3v) is 4.19. The van der Waals surface area contributed by atoms with Crippen LogP contribution in [0, 0.1) is 0 Å². The van der Waals surface area contributed by atoms with Crippen LogP contribution in [0.4, 0.5) is 0 Å². The number of aromatic nitrogens is 1.